The first-order valence-corrected chi connectivity index (χ1v) is 7.31. The first-order valence-electron chi connectivity index (χ1n) is 7.31. The molecular weight excluding hydrogens is 234 g/mol. The molecule has 2 heteroatoms. The van der Waals surface area contributed by atoms with Crippen LogP contribution in [0.1, 0.15) is 57.7 Å². The van der Waals surface area contributed by atoms with Gasteiger partial charge in [0.2, 0.25) is 0 Å². The maximum Gasteiger partial charge on any atom is 0.0480 e. The lowest BCUT2D eigenvalue weighted by molar-refractivity contribution is 0.183. The summed E-state index contributed by atoms with van der Waals surface area (Å²) >= 11 is 0. The Morgan fingerprint density at radius 1 is 1.16 bits per heavy atom. The van der Waals surface area contributed by atoms with Crippen LogP contribution in [0.3, 0.4) is 0 Å². The van der Waals surface area contributed by atoms with Gasteiger partial charge in [0.1, 0.15) is 0 Å². The largest absolute Gasteiger partial charge is 0.385 e. The topological polar surface area (TPSA) is 21.3 Å². The van der Waals surface area contributed by atoms with Crippen LogP contribution in [0.4, 0.5) is 0 Å². The Morgan fingerprint density at radius 2 is 1.79 bits per heavy atom. The third-order valence-electron chi connectivity index (χ3n) is 3.43. The zero-order chi connectivity index (χ0) is 14.3. The normalized spacial score (nSPS) is 13.5. The molecule has 108 valence electrons. The van der Waals surface area contributed by atoms with E-state index in [-0.39, 0.29) is 5.41 Å². The van der Waals surface area contributed by atoms with Crippen molar-refractivity contribution in [2.45, 2.75) is 52.0 Å². The molecule has 19 heavy (non-hydrogen) atoms. The molecule has 0 aliphatic heterocycles. The fraction of sp³-hybridized carbons (Fsp3) is 0.647. The molecule has 1 unspecified atom stereocenters. The summed E-state index contributed by atoms with van der Waals surface area (Å²) in [6, 6.07) is 9.41. The van der Waals surface area contributed by atoms with Crippen LogP contribution in [-0.2, 0) is 10.2 Å². The molecule has 0 spiro atoms. The molecule has 0 amide bonds. The fourth-order valence-corrected chi connectivity index (χ4v) is 2.16. The second-order valence-corrected chi connectivity index (χ2v) is 6.16. The molecule has 1 aromatic rings. The van der Waals surface area contributed by atoms with Crippen molar-refractivity contribution in [1.29, 1.82) is 0 Å². The van der Waals surface area contributed by atoms with Gasteiger partial charge in [-0.15, -0.1) is 0 Å². The van der Waals surface area contributed by atoms with Crippen LogP contribution >= 0.6 is 0 Å². The summed E-state index contributed by atoms with van der Waals surface area (Å²) in [4.78, 5) is 0. The Kier molecular flexibility index (Phi) is 6.53. The van der Waals surface area contributed by atoms with E-state index in [0.717, 1.165) is 26.0 Å². The van der Waals surface area contributed by atoms with Gasteiger partial charge in [-0.2, -0.15) is 0 Å². The zero-order valence-electron chi connectivity index (χ0n) is 13.1. The summed E-state index contributed by atoms with van der Waals surface area (Å²) in [7, 11) is 1.76. The van der Waals surface area contributed by atoms with Crippen molar-refractivity contribution in [1.82, 2.24) is 5.32 Å². The minimum Gasteiger partial charge on any atom is -0.385 e. The number of ether oxygens (including phenoxy) is 1. The van der Waals surface area contributed by atoms with Crippen LogP contribution in [-0.4, -0.2) is 20.3 Å². The number of hydrogen-bond acceptors (Lipinski definition) is 2. The zero-order valence-corrected chi connectivity index (χ0v) is 13.1. The van der Waals surface area contributed by atoms with Crippen molar-refractivity contribution < 1.29 is 4.74 Å². The number of benzene rings is 1. The van der Waals surface area contributed by atoms with Gasteiger partial charge in [-0.3, -0.25) is 0 Å². The Labute approximate surface area is 118 Å². The van der Waals surface area contributed by atoms with E-state index in [4.69, 9.17) is 4.74 Å². The van der Waals surface area contributed by atoms with Gasteiger partial charge in [-0.25, -0.2) is 0 Å². The number of nitrogens with one attached hydrogen (secondary N) is 1. The van der Waals surface area contributed by atoms with E-state index >= 15 is 0 Å². The highest BCUT2D eigenvalue weighted by atomic mass is 16.5. The van der Waals surface area contributed by atoms with Crippen molar-refractivity contribution in [3.8, 4) is 0 Å². The molecule has 0 aliphatic rings. The van der Waals surface area contributed by atoms with Gasteiger partial charge < -0.3 is 10.1 Å². The van der Waals surface area contributed by atoms with E-state index in [1.54, 1.807) is 7.11 Å². The fourth-order valence-electron chi connectivity index (χ4n) is 2.16. The van der Waals surface area contributed by atoms with E-state index < -0.39 is 0 Å². The second kappa shape index (κ2) is 7.66. The first kappa shape index (κ1) is 16.2. The molecule has 0 saturated heterocycles. The highest BCUT2D eigenvalue weighted by Crippen LogP contribution is 2.25. The molecule has 0 aliphatic carbocycles. The maximum absolute atomic E-state index is 5.21. The third-order valence-corrected chi connectivity index (χ3v) is 3.43. The average Bonchev–Trinajstić information content (AvgIpc) is 2.38. The Bertz CT molecular complexity index is 343. The van der Waals surface area contributed by atoms with E-state index in [1.807, 2.05) is 0 Å². The minimum atomic E-state index is 0.220. The van der Waals surface area contributed by atoms with Gasteiger partial charge in [0.25, 0.3) is 0 Å². The second-order valence-electron chi connectivity index (χ2n) is 6.16. The molecule has 0 radical (unpaired) electrons. The van der Waals surface area contributed by atoms with Gasteiger partial charge >= 0.3 is 0 Å². The Morgan fingerprint density at radius 3 is 2.26 bits per heavy atom. The van der Waals surface area contributed by atoms with Gasteiger partial charge in [0.05, 0.1) is 0 Å². The molecule has 0 heterocycles. The molecule has 1 atom stereocenters. The van der Waals surface area contributed by atoms with Crippen LogP contribution in [0.2, 0.25) is 0 Å². The SMILES string of the molecule is CCCNC(CCOC)c1ccc(C(C)(C)C)cc1. The summed E-state index contributed by atoms with van der Waals surface area (Å²) in [5.74, 6) is 0. The first-order chi connectivity index (χ1) is 8.99. The van der Waals surface area contributed by atoms with Crippen molar-refractivity contribution in [2.75, 3.05) is 20.3 Å². The lowest BCUT2D eigenvalue weighted by Crippen LogP contribution is -2.23. The average molecular weight is 263 g/mol. The van der Waals surface area contributed by atoms with Gasteiger partial charge in [0, 0.05) is 19.8 Å². The monoisotopic (exact) mass is 263 g/mol. The van der Waals surface area contributed by atoms with Gasteiger partial charge in [-0.1, -0.05) is 52.0 Å². The lowest BCUT2D eigenvalue weighted by Gasteiger charge is -2.22. The summed E-state index contributed by atoms with van der Waals surface area (Å²) in [5, 5.41) is 3.60. The summed E-state index contributed by atoms with van der Waals surface area (Å²) in [5.41, 5.74) is 2.97. The van der Waals surface area contributed by atoms with Crippen molar-refractivity contribution in [3.63, 3.8) is 0 Å². The quantitative estimate of drug-likeness (QED) is 0.801. The van der Waals surface area contributed by atoms with Crippen molar-refractivity contribution in [3.05, 3.63) is 35.4 Å². The van der Waals surface area contributed by atoms with Crippen LogP contribution in [0, 0.1) is 0 Å². The predicted molar refractivity (Wildman–Crippen MR) is 82.7 cm³/mol. The minimum absolute atomic E-state index is 0.220. The molecule has 0 fully saturated rings. The summed E-state index contributed by atoms with van der Waals surface area (Å²) in [6.45, 7) is 10.8. The van der Waals surface area contributed by atoms with Gasteiger partial charge in [0.15, 0.2) is 0 Å². The molecule has 1 aromatic carbocycles. The molecule has 2 nitrogen and oxygen atoms in total. The molecule has 0 aromatic heterocycles. The molecule has 1 N–H and O–H groups in total. The standard InChI is InChI=1S/C17H29NO/c1-6-12-18-16(11-13-19-5)14-7-9-15(10-8-14)17(2,3)4/h7-10,16,18H,6,11-13H2,1-5H3. The van der Waals surface area contributed by atoms with E-state index in [2.05, 4.69) is 57.3 Å². The molecule has 0 saturated carbocycles. The third kappa shape index (κ3) is 5.33. The van der Waals surface area contributed by atoms with Crippen molar-refractivity contribution in [2.24, 2.45) is 0 Å². The molecule has 0 bridgehead atoms. The molecule has 1 rings (SSSR count). The number of hydrogen-bond donors (Lipinski definition) is 1. The van der Waals surface area contributed by atoms with Crippen molar-refractivity contribution >= 4 is 0 Å². The Balaban J connectivity index is 2.78. The maximum atomic E-state index is 5.21. The van der Waals surface area contributed by atoms with Crippen LogP contribution in [0.25, 0.3) is 0 Å². The lowest BCUT2D eigenvalue weighted by atomic mass is 9.86. The van der Waals surface area contributed by atoms with Gasteiger partial charge in [-0.05, 0) is 35.9 Å². The number of rotatable bonds is 7. The van der Waals surface area contributed by atoms with Crippen LogP contribution < -0.4 is 5.32 Å². The summed E-state index contributed by atoms with van der Waals surface area (Å²) < 4.78 is 5.21. The Hall–Kier alpha value is -0.860. The summed E-state index contributed by atoms with van der Waals surface area (Å²) in [6.07, 6.45) is 2.18. The van der Waals surface area contributed by atoms with E-state index in [0.29, 0.717) is 6.04 Å². The highest BCUT2D eigenvalue weighted by Gasteiger charge is 2.15. The van der Waals surface area contributed by atoms with E-state index in [1.165, 1.54) is 11.1 Å². The number of methoxy groups -OCH3 is 1. The highest BCUT2D eigenvalue weighted by molar-refractivity contribution is 5.29. The van der Waals surface area contributed by atoms with Crippen LogP contribution in [0.5, 0.6) is 0 Å². The van der Waals surface area contributed by atoms with Crippen LogP contribution in [0.15, 0.2) is 24.3 Å². The predicted octanol–water partition coefficient (Wildman–Crippen LogP) is 4.06. The van der Waals surface area contributed by atoms with E-state index in [9.17, 15) is 0 Å². The molecular formula is C17H29NO. The smallest absolute Gasteiger partial charge is 0.0480 e.